The molecule has 2 aromatic carbocycles. The fourth-order valence-corrected chi connectivity index (χ4v) is 5.67. The number of ether oxygens (including phenoxy) is 4. The number of unbranched alkanes of at least 4 members (excludes halogenated alkanes) is 1. The van der Waals surface area contributed by atoms with Gasteiger partial charge >= 0.3 is 0 Å². The number of benzene rings is 2. The largest absolute Gasteiger partial charge is 0.507 e. The predicted molar refractivity (Wildman–Crippen MR) is 149 cm³/mol. The van der Waals surface area contributed by atoms with E-state index in [4.69, 9.17) is 18.9 Å². The Morgan fingerprint density at radius 3 is 2.67 bits per heavy atom. The molecule has 3 heterocycles. The summed E-state index contributed by atoms with van der Waals surface area (Å²) in [7, 11) is 1.57. The van der Waals surface area contributed by atoms with Gasteiger partial charge in [-0.3, -0.25) is 9.59 Å². The number of ketones is 1. The molecule has 3 aliphatic heterocycles. The molecule has 2 saturated heterocycles. The normalized spacial score (nSPS) is 22.3. The number of hydrogen-bond acceptors (Lipinski definition) is 7. The zero-order valence-corrected chi connectivity index (χ0v) is 23.5. The summed E-state index contributed by atoms with van der Waals surface area (Å²) < 4.78 is 22.8. The van der Waals surface area contributed by atoms with Crippen molar-refractivity contribution >= 4 is 17.4 Å². The van der Waals surface area contributed by atoms with Gasteiger partial charge in [-0.15, -0.1) is 0 Å². The van der Waals surface area contributed by atoms with E-state index in [9.17, 15) is 14.7 Å². The second-order valence-electron chi connectivity index (χ2n) is 10.7. The summed E-state index contributed by atoms with van der Waals surface area (Å²) in [5, 5.41) is 11.6. The first-order valence-corrected chi connectivity index (χ1v) is 14.2. The Morgan fingerprint density at radius 2 is 1.93 bits per heavy atom. The third-order valence-electron chi connectivity index (χ3n) is 7.87. The molecule has 0 saturated carbocycles. The van der Waals surface area contributed by atoms with Gasteiger partial charge in [0.05, 0.1) is 51.6 Å². The minimum absolute atomic E-state index is 0.0474. The van der Waals surface area contributed by atoms with E-state index in [1.165, 1.54) is 4.90 Å². The first-order chi connectivity index (χ1) is 19.4. The van der Waals surface area contributed by atoms with E-state index in [2.05, 4.69) is 6.92 Å². The van der Waals surface area contributed by atoms with Crippen LogP contribution in [0.4, 0.5) is 0 Å². The van der Waals surface area contributed by atoms with Gasteiger partial charge in [-0.2, -0.15) is 0 Å². The van der Waals surface area contributed by atoms with Gasteiger partial charge in [0, 0.05) is 12.0 Å². The molecule has 0 radical (unpaired) electrons. The average molecular weight is 552 g/mol. The number of hydrogen-bond donors (Lipinski definition) is 2. The lowest BCUT2D eigenvalue weighted by Gasteiger charge is -2.29. The van der Waals surface area contributed by atoms with E-state index < -0.39 is 17.7 Å². The zero-order valence-electron chi connectivity index (χ0n) is 23.5. The van der Waals surface area contributed by atoms with Gasteiger partial charge < -0.3 is 33.9 Å². The Labute approximate surface area is 235 Å². The number of nitrogens with one attached hydrogen (secondary N) is 1. The number of amides is 1. The van der Waals surface area contributed by atoms with Crippen molar-refractivity contribution in [1.29, 1.82) is 0 Å². The molecule has 0 aromatic heterocycles. The molecule has 2 aromatic rings. The SMILES string of the molecule is CCCCOc1ccc([C@H]2C(=C(O)c3ccc4c(c3)C[C@H](C)O4)C(=O)C(=O)N2CC[NH+]2CCOCC2)cc1OC. The van der Waals surface area contributed by atoms with Gasteiger partial charge in [0.2, 0.25) is 0 Å². The number of carbonyl (C=O) groups excluding carboxylic acids is 2. The molecule has 214 valence electrons. The number of Topliss-reactive ketones (excluding diaryl/α,β-unsaturated/α-hetero) is 1. The zero-order chi connectivity index (χ0) is 28.2. The number of quaternary nitrogens is 1. The second kappa shape index (κ2) is 12.3. The number of rotatable bonds is 10. The summed E-state index contributed by atoms with van der Waals surface area (Å²) in [5.74, 6) is 0.405. The molecule has 2 fully saturated rings. The summed E-state index contributed by atoms with van der Waals surface area (Å²) in [6, 6.07) is 10.1. The minimum atomic E-state index is -0.762. The highest BCUT2D eigenvalue weighted by Crippen LogP contribution is 2.42. The van der Waals surface area contributed by atoms with Crippen molar-refractivity contribution in [3.8, 4) is 17.2 Å². The van der Waals surface area contributed by atoms with Crippen molar-refractivity contribution in [1.82, 2.24) is 4.90 Å². The van der Waals surface area contributed by atoms with E-state index in [1.807, 2.05) is 31.2 Å². The van der Waals surface area contributed by atoms with E-state index >= 15 is 0 Å². The summed E-state index contributed by atoms with van der Waals surface area (Å²) in [5.41, 5.74) is 2.21. The van der Waals surface area contributed by atoms with Crippen molar-refractivity contribution in [3.63, 3.8) is 0 Å². The van der Waals surface area contributed by atoms with Crippen LogP contribution in [0.1, 0.15) is 49.4 Å². The summed E-state index contributed by atoms with van der Waals surface area (Å²) in [6.45, 7) is 8.75. The Morgan fingerprint density at radius 1 is 1.12 bits per heavy atom. The average Bonchev–Trinajstić information content (AvgIpc) is 3.47. The summed E-state index contributed by atoms with van der Waals surface area (Å²) >= 11 is 0. The van der Waals surface area contributed by atoms with E-state index in [0.717, 1.165) is 37.2 Å². The number of morpholine rings is 1. The highest BCUT2D eigenvalue weighted by molar-refractivity contribution is 6.46. The summed E-state index contributed by atoms with van der Waals surface area (Å²) in [4.78, 5) is 29.9. The number of aliphatic hydroxyl groups is 1. The van der Waals surface area contributed by atoms with E-state index in [0.29, 0.717) is 62.0 Å². The van der Waals surface area contributed by atoms with Gasteiger partial charge in [-0.05, 0) is 54.8 Å². The maximum atomic E-state index is 13.5. The maximum absolute atomic E-state index is 13.5. The molecule has 1 amide bonds. The van der Waals surface area contributed by atoms with Gasteiger partial charge in [-0.1, -0.05) is 19.4 Å². The Balaban J connectivity index is 1.53. The Bertz CT molecular complexity index is 1280. The van der Waals surface area contributed by atoms with Crippen LogP contribution in [0.25, 0.3) is 5.76 Å². The van der Waals surface area contributed by atoms with Gasteiger partial charge in [0.25, 0.3) is 11.7 Å². The lowest BCUT2D eigenvalue weighted by molar-refractivity contribution is -0.907. The molecule has 0 spiro atoms. The van der Waals surface area contributed by atoms with Crippen LogP contribution >= 0.6 is 0 Å². The van der Waals surface area contributed by atoms with Crippen LogP contribution < -0.4 is 19.1 Å². The first kappa shape index (κ1) is 28.0. The van der Waals surface area contributed by atoms with Crippen LogP contribution in [0.5, 0.6) is 17.2 Å². The van der Waals surface area contributed by atoms with Gasteiger partial charge in [-0.25, -0.2) is 0 Å². The maximum Gasteiger partial charge on any atom is 0.295 e. The third kappa shape index (κ3) is 5.67. The standard InChI is InChI=1S/C31H38N2O7/c1-4-5-14-39-25-9-6-21(19-26(25)37-3)28-27(29(34)22-7-8-24-23(18-22)17-20(2)40-24)30(35)31(36)33(28)11-10-32-12-15-38-16-13-32/h6-9,18-20,28,34H,4-5,10-17H2,1-3H3/p+1/t20-,28-/m0/s1. The molecule has 5 rings (SSSR count). The number of fused-ring (bicyclic) bond motifs is 1. The van der Waals surface area contributed by atoms with Crippen LogP contribution in [0.2, 0.25) is 0 Å². The molecule has 0 aliphatic carbocycles. The van der Waals surface area contributed by atoms with E-state index in [1.54, 1.807) is 24.1 Å². The van der Waals surface area contributed by atoms with Gasteiger partial charge in [0.15, 0.2) is 11.5 Å². The lowest BCUT2D eigenvalue weighted by Crippen LogP contribution is -3.14. The lowest BCUT2D eigenvalue weighted by atomic mass is 9.94. The van der Waals surface area contributed by atoms with Gasteiger partial charge in [0.1, 0.15) is 30.7 Å². The molecule has 9 heteroatoms. The quantitative estimate of drug-likeness (QED) is 0.203. The predicted octanol–water partition coefficient (Wildman–Crippen LogP) is 2.53. The third-order valence-corrected chi connectivity index (χ3v) is 7.87. The number of methoxy groups -OCH3 is 1. The van der Waals surface area contributed by atoms with Crippen LogP contribution in [0.3, 0.4) is 0 Å². The smallest absolute Gasteiger partial charge is 0.295 e. The number of aliphatic hydroxyl groups excluding tert-OH is 1. The van der Waals surface area contributed by atoms with Crippen molar-refractivity contribution in [2.75, 3.05) is 53.1 Å². The molecule has 40 heavy (non-hydrogen) atoms. The van der Waals surface area contributed by atoms with Crippen LogP contribution in [-0.2, 0) is 20.7 Å². The van der Waals surface area contributed by atoms with Crippen LogP contribution in [0.15, 0.2) is 42.0 Å². The first-order valence-electron chi connectivity index (χ1n) is 14.2. The van der Waals surface area contributed by atoms with Crippen molar-refractivity contribution in [2.24, 2.45) is 0 Å². The Kier molecular flexibility index (Phi) is 8.61. The molecule has 2 atom stereocenters. The minimum Gasteiger partial charge on any atom is -0.507 e. The Hall–Kier alpha value is -3.56. The molecular weight excluding hydrogens is 512 g/mol. The molecule has 2 N–H and O–H groups in total. The molecule has 0 unspecified atom stereocenters. The molecular formula is C31H39N2O7+. The second-order valence-corrected chi connectivity index (χ2v) is 10.7. The van der Waals surface area contributed by atoms with Crippen molar-refractivity contribution in [3.05, 3.63) is 58.7 Å². The monoisotopic (exact) mass is 551 g/mol. The van der Waals surface area contributed by atoms with Crippen LogP contribution in [0, 0.1) is 0 Å². The number of carbonyl (C=O) groups is 2. The number of likely N-dealkylation sites (tertiary alicyclic amines) is 1. The molecule has 0 bridgehead atoms. The van der Waals surface area contributed by atoms with E-state index in [-0.39, 0.29) is 17.4 Å². The fourth-order valence-electron chi connectivity index (χ4n) is 5.67. The highest BCUT2D eigenvalue weighted by atomic mass is 16.5. The fraction of sp³-hybridized carbons (Fsp3) is 0.484. The molecule has 3 aliphatic rings. The number of nitrogens with zero attached hydrogens (tertiary/aromatic N) is 1. The van der Waals surface area contributed by atoms with Crippen LogP contribution in [-0.4, -0.2) is 80.9 Å². The topological polar surface area (TPSA) is 99.0 Å². The van der Waals surface area contributed by atoms with Crippen molar-refractivity contribution in [2.45, 2.75) is 45.3 Å². The summed E-state index contributed by atoms with van der Waals surface area (Å²) in [6.07, 6.45) is 2.69. The highest BCUT2D eigenvalue weighted by Gasteiger charge is 2.46. The molecule has 9 nitrogen and oxygen atoms in total. The van der Waals surface area contributed by atoms with Crippen molar-refractivity contribution < 1.29 is 38.5 Å².